The number of hydrogen-bond donors (Lipinski definition) is 3. The highest BCUT2D eigenvalue weighted by Crippen LogP contribution is 2.22. The molecule has 0 saturated carbocycles. The van der Waals surface area contributed by atoms with Crippen LogP contribution < -0.4 is 4.72 Å². The van der Waals surface area contributed by atoms with E-state index in [0.29, 0.717) is 42.7 Å². The number of carboxylic acid groups (broad SMARTS) is 1. The number of carbonyl (C=O) groups excluding carboxylic acids is 2. The summed E-state index contributed by atoms with van der Waals surface area (Å²) < 4.78 is 9.46. The summed E-state index contributed by atoms with van der Waals surface area (Å²) in [6.45, 7) is 0.711. The van der Waals surface area contributed by atoms with Gasteiger partial charge >= 0.3 is 5.97 Å². The highest BCUT2D eigenvalue weighted by Gasteiger charge is 2.25. The van der Waals surface area contributed by atoms with E-state index in [1.807, 2.05) is 22.7 Å². The second kappa shape index (κ2) is 9.41. The average Bonchev–Trinajstić information content (AvgIpc) is 3.25. The normalized spacial score (nSPS) is 14.5. The molecule has 9 nitrogen and oxygen atoms in total. The summed E-state index contributed by atoms with van der Waals surface area (Å²) in [6, 6.07) is 10.5. The molecule has 1 fully saturated rings. The highest BCUT2D eigenvalue weighted by molar-refractivity contribution is 7.78. The lowest BCUT2D eigenvalue weighted by molar-refractivity contribution is -0.145. The van der Waals surface area contributed by atoms with E-state index in [2.05, 4.69) is 22.5 Å². The van der Waals surface area contributed by atoms with Gasteiger partial charge in [-0.25, -0.2) is 9.78 Å². The maximum absolute atomic E-state index is 12.9. The first-order valence-electron chi connectivity index (χ1n) is 10.1. The van der Waals surface area contributed by atoms with Gasteiger partial charge in [-0.05, 0) is 37.1 Å². The first kappa shape index (κ1) is 21.8. The number of fused-ring (bicyclic) bond motifs is 1. The van der Waals surface area contributed by atoms with Gasteiger partial charge in [0.05, 0.1) is 11.8 Å². The van der Waals surface area contributed by atoms with Crippen molar-refractivity contribution in [3.8, 4) is 11.3 Å². The van der Waals surface area contributed by atoms with E-state index in [1.165, 1.54) is 0 Å². The molecule has 0 unspecified atom stereocenters. The number of hydrogen-bond acceptors (Lipinski definition) is 6. The Bertz CT molecular complexity index is 1150. The van der Waals surface area contributed by atoms with Crippen LogP contribution in [0, 0.1) is 0 Å². The first-order valence-corrected chi connectivity index (χ1v) is 10.6. The number of pyridine rings is 1. The van der Waals surface area contributed by atoms with Crippen LogP contribution in [0.25, 0.3) is 16.9 Å². The van der Waals surface area contributed by atoms with Crippen molar-refractivity contribution in [1.82, 2.24) is 19.0 Å². The molecule has 1 aliphatic rings. The molecule has 1 aliphatic heterocycles. The van der Waals surface area contributed by atoms with Gasteiger partial charge in [-0.3, -0.25) is 14.3 Å². The number of amides is 2. The molecule has 32 heavy (non-hydrogen) atoms. The van der Waals surface area contributed by atoms with E-state index < -0.39 is 5.97 Å². The minimum Gasteiger partial charge on any atom is -0.480 e. The van der Waals surface area contributed by atoms with Crippen LogP contribution in [0.15, 0.2) is 48.8 Å². The summed E-state index contributed by atoms with van der Waals surface area (Å²) in [6.07, 6.45) is 4.73. The Labute approximate surface area is 189 Å². The van der Waals surface area contributed by atoms with E-state index in [1.54, 1.807) is 35.4 Å². The third-order valence-corrected chi connectivity index (χ3v) is 5.63. The third-order valence-electron chi connectivity index (χ3n) is 5.42. The van der Waals surface area contributed by atoms with Gasteiger partial charge in [-0.15, -0.1) is 0 Å². The number of likely N-dealkylation sites (tertiary alicyclic amines) is 1. The number of nitrogens with one attached hydrogen (secondary N) is 1. The molecule has 0 atom stereocenters. The Balaban J connectivity index is 1.45. The van der Waals surface area contributed by atoms with Gasteiger partial charge in [0.15, 0.2) is 0 Å². The van der Waals surface area contributed by atoms with Crippen molar-refractivity contribution in [3.05, 3.63) is 59.9 Å². The fourth-order valence-electron chi connectivity index (χ4n) is 3.71. The Morgan fingerprint density at radius 2 is 1.84 bits per heavy atom. The molecule has 3 aromatic rings. The maximum atomic E-state index is 12.9. The number of thiol groups is 1. The molecule has 166 valence electrons. The fraction of sp³-hybridized carbons (Fsp3) is 0.273. The van der Waals surface area contributed by atoms with Gasteiger partial charge in [-0.1, -0.05) is 24.9 Å². The fourth-order valence-corrected chi connectivity index (χ4v) is 3.84. The molecule has 10 heteroatoms. The van der Waals surface area contributed by atoms with Gasteiger partial charge < -0.3 is 19.1 Å². The number of benzene rings is 1. The topological polar surface area (TPSA) is 113 Å². The summed E-state index contributed by atoms with van der Waals surface area (Å²) in [7, 11) is 0. The molecule has 3 heterocycles. The SMILES string of the molecule is O=C(O)COC1CCN(C(=O)c2ccn3cc(-c4ccc(C(=O)NS)cc4)nc3c2)CC1. The van der Waals surface area contributed by atoms with Gasteiger partial charge in [0.25, 0.3) is 11.8 Å². The molecule has 0 aliphatic carbocycles. The zero-order valence-corrected chi connectivity index (χ0v) is 18.0. The predicted octanol–water partition coefficient (Wildman–Crippen LogP) is 2.28. The number of carboxylic acids is 1. The van der Waals surface area contributed by atoms with Crippen molar-refractivity contribution in [2.24, 2.45) is 0 Å². The number of ether oxygens (including phenoxy) is 1. The standard InChI is InChI=1S/C22H22N4O5S/c27-20(28)13-31-17-6-9-25(10-7-17)22(30)16-5-8-26-12-18(23-19(26)11-16)14-1-3-15(4-2-14)21(29)24-32/h1-5,8,11-12,17,32H,6-7,9-10,13H2,(H,24,29)(H,27,28). The van der Waals surface area contributed by atoms with Crippen molar-refractivity contribution in [2.75, 3.05) is 19.7 Å². The van der Waals surface area contributed by atoms with Crippen LogP contribution >= 0.6 is 12.8 Å². The summed E-state index contributed by atoms with van der Waals surface area (Å²) in [4.78, 5) is 41.6. The van der Waals surface area contributed by atoms with Gasteiger partial charge in [0, 0.05) is 42.2 Å². The summed E-state index contributed by atoms with van der Waals surface area (Å²) in [5, 5.41) is 8.72. The van der Waals surface area contributed by atoms with E-state index in [-0.39, 0.29) is 24.5 Å². The number of imidazole rings is 1. The van der Waals surface area contributed by atoms with Crippen LogP contribution in [0.2, 0.25) is 0 Å². The van der Waals surface area contributed by atoms with E-state index in [0.717, 1.165) is 11.3 Å². The Morgan fingerprint density at radius 1 is 1.12 bits per heavy atom. The molecule has 2 N–H and O–H groups in total. The first-order chi connectivity index (χ1) is 15.4. The van der Waals surface area contributed by atoms with E-state index >= 15 is 0 Å². The number of nitrogens with zero attached hydrogens (tertiary/aromatic N) is 3. The van der Waals surface area contributed by atoms with Crippen molar-refractivity contribution in [3.63, 3.8) is 0 Å². The lowest BCUT2D eigenvalue weighted by atomic mass is 10.1. The second-order valence-electron chi connectivity index (χ2n) is 7.52. The Morgan fingerprint density at radius 3 is 2.50 bits per heavy atom. The van der Waals surface area contributed by atoms with Crippen LogP contribution in [-0.2, 0) is 9.53 Å². The Kier molecular flexibility index (Phi) is 6.42. The van der Waals surface area contributed by atoms with Crippen LogP contribution in [0.3, 0.4) is 0 Å². The van der Waals surface area contributed by atoms with Crippen LogP contribution in [-0.4, -0.2) is 63.0 Å². The molecule has 0 spiro atoms. The zero-order valence-electron chi connectivity index (χ0n) is 17.1. The number of carbonyl (C=O) groups is 3. The number of piperidine rings is 1. The molecule has 4 rings (SSSR count). The molecule has 0 radical (unpaired) electrons. The number of aliphatic carboxylic acids is 1. The molecular formula is C22H22N4O5S. The van der Waals surface area contributed by atoms with Gasteiger partial charge in [0.1, 0.15) is 12.3 Å². The molecular weight excluding hydrogens is 432 g/mol. The number of rotatable bonds is 6. The minimum absolute atomic E-state index is 0.0872. The average molecular weight is 455 g/mol. The smallest absolute Gasteiger partial charge is 0.329 e. The van der Waals surface area contributed by atoms with Crippen molar-refractivity contribution >= 4 is 36.2 Å². The van der Waals surface area contributed by atoms with Gasteiger partial charge in [-0.2, -0.15) is 0 Å². The molecule has 2 amide bonds. The summed E-state index contributed by atoms with van der Waals surface area (Å²) in [5.74, 6) is -1.36. The summed E-state index contributed by atoms with van der Waals surface area (Å²) in [5.41, 5.74) is 3.25. The molecule has 2 aromatic heterocycles. The van der Waals surface area contributed by atoms with E-state index in [9.17, 15) is 14.4 Å². The van der Waals surface area contributed by atoms with Crippen LogP contribution in [0.5, 0.6) is 0 Å². The quantitative estimate of drug-likeness (QED) is 0.493. The summed E-state index contributed by atoms with van der Waals surface area (Å²) >= 11 is 3.77. The molecule has 0 bridgehead atoms. The molecule has 1 aromatic carbocycles. The van der Waals surface area contributed by atoms with Crippen LogP contribution in [0.1, 0.15) is 33.6 Å². The van der Waals surface area contributed by atoms with Crippen molar-refractivity contribution < 1.29 is 24.2 Å². The van der Waals surface area contributed by atoms with Crippen molar-refractivity contribution in [1.29, 1.82) is 0 Å². The van der Waals surface area contributed by atoms with Crippen molar-refractivity contribution in [2.45, 2.75) is 18.9 Å². The maximum Gasteiger partial charge on any atom is 0.329 e. The lowest BCUT2D eigenvalue weighted by Crippen LogP contribution is -2.41. The second-order valence-corrected chi connectivity index (χ2v) is 7.75. The predicted molar refractivity (Wildman–Crippen MR) is 120 cm³/mol. The lowest BCUT2D eigenvalue weighted by Gasteiger charge is -2.31. The molecule has 1 saturated heterocycles. The largest absolute Gasteiger partial charge is 0.480 e. The highest BCUT2D eigenvalue weighted by atomic mass is 32.1. The van der Waals surface area contributed by atoms with E-state index in [4.69, 9.17) is 9.84 Å². The Hall–Kier alpha value is -3.37. The van der Waals surface area contributed by atoms with Crippen LogP contribution in [0.4, 0.5) is 0 Å². The minimum atomic E-state index is -0.991. The van der Waals surface area contributed by atoms with Gasteiger partial charge in [0.2, 0.25) is 0 Å². The number of aromatic nitrogens is 2. The monoisotopic (exact) mass is 454 g/mol. The zero-order chi connectivity index (χ0) is 22.7. The third kappa shape index (κ3) is 4.76.